The number of amides is 2. The van der Waals surface area contributed by atoms with Gasteiger partial charge in [-0.3, -0.25) is 10.1 Å². The Balaban J connectivity index is 1.59. The van der Waals surface area contributed by atoms with E-state index in [0.29, 0.717) is 26.2 Å². The van der Waals surface area contributed by atoms with Gasteiger partial charge >= 0.3 is 6.03 Å². The zero-order chi connectivity index (χ0) is 18.7. The first-order valence-corrected chi connectivity index (χ1v) is 8.42. The van der Waals surface area contributed by atoms with E-state index in [4.69, 9.17) is 0 Å². The summed E-state index contributed by atoms with van der Waals surface area (Å²) in [5.74, 6) is 0.731. The minimum atomic E-state index is -0.447. The van der Waals surface area contributed by atoms with Gasteiger partial charge in [-0.25, -0.2) is 9.78 Å². The van der Waals surface area contributed by atoms with Crippen LogP contribution in [0.3, 0.4) is 0 Å². The number of aryl methyl sites for hydroxylation is 2. The Bertz CT molecular complexity index is 814. The van der Waals surface area contributed by atoms with Crippen molar-refractivity contribution in [2.24, 2.45) is 0 Å². The maximum atomic E-state index is 12.4. The van der Waals surface area contributed by atoms with Crippen LogP contribution in [0, 0.1) is 24.0 Å². The SMILES string of the molecule is Cc1ccc(NC(=O)N2CCN(c3ncc([N+](=O)[O-])cc3C)CC2)cc1. The molecule has 2 amide bonds. The average Bonchev–Trinajstić information content (AvgIpc) is 2.63. The number of nitrogens with one attached hydrogen (secondary N) is 1. The molecule has 1 aromatic carbocycles. The predicted molar refractivity (Wildman–Crippen MR) is 99.6 cm³/mol. The van der Waals surface area contributed by atoms with Crippen molar-refractivity contribution in [1.82, 2.24) is 9.88 Å². The molecule has 26 heavy (non-hydrogen) atoms. The van der Waals surface area contributed by atoms with Gasteiger partial charge in [0.25, 0.3) is 5.69 Å². The second-order valence-corrected chi connectivity index (χ2v) is 6.36. The highest BCUT2D eigenvalue weighted by Crippen LogP contribution is 2.23. The minimum absolute atomic E-state index is 0.0117. The topological polar surface area (TPSA) is 91.6 Å². The van der Waals surface area contributed by atoms with E-state index in [2.05, 4.69) is 15.2 Å². The summed E-state index contributed by atoms with van der Waals surface area (Å²) in [6, 6.07) is 9.08. The van der Waals surface area contributed by atoms with Gasteiger partial charge in [-0.2, -0.15) is 0 Å². The van der Waals surface area contributed by atoms with Crippen LogP contribution in [-0.4, -0.2) is 47.0 Å². The molecule has 1 fully saturated rings. The van der Waals surface area contributed by atoms with Crippen LogP contribution >= 0.6 is 0 Å². The van der Waals surface area contributed by atoms with Crippen molar-refractivity contribution >= 4 is 23.2 Å². The monoisotopic (exact) mass is 355 g/mol. The van der Waals surface area contributed by atoms with Crippen LogP contribution in [0.25, 0.3) is 0 Å². The smallest absolute Gasteiger partial charge is 0.321 e. The summed E-state index contributed by atoms with van der Waals surface area (Å²) in [5, 5.41) is 13.7. The van der Waals surface area contributed by atoms with Gasteiger partial charge in [-0.1, -0.05) is 17.7 Å². The molecule has 1 aliphatic rings. The number of nitrogens with zero attached hydrogens (tertiary/aromatic N) is 4. The third-order valence-electron chi connectivity index (χ3n) is 4.42. The summed E-state index contributed by atoms with van der Waals surface area (Å²) in [6.45, 7) is 6.20. The van der Waals surface area contributed by atoms with E-state index >= 15 is 0 Å². The first kappa shape index (κ1) is 17.7. The summed E-state index contributed by atoms with van der Waals surface area (Å²) < 4.78 is 0. The summed E-state index contributed by atoms with van der Waals surface area (Å²) in [7, 11) is 0. The number of carbonyl (C=O) groups excluding carboxylic acids is 1. The second-order valence-electron chi connectivity index (χ2n) is 6.36. The Morgan fingerprint density at radius 1 is 1.15 bits per heavy atom. The van der Waals surface area contributed by atoms with Gasteiger partial charge in [0.15, 0.2) is 0 Å². The maximum Gasteiger partial charge on any atom is 0.321 e. The molecule has 3 rings (SSSR count). The lowest BCUT2D eigenvalue weighted by Crippen LogP contribution is -2.50. The standard InChI is InChI=1S/C18H21N5O3/c1-13-3-5-15(6-4-13)20-18(24)22-9-7-21(8-10-22)17-14(2)11-16(12-19-17)23(25)26/h3-6,11-12H,7-10H2,1-2H3,(H,20,24). The lowest BCUT2D eigenvalue weighted by molar-refractivity contribution is -0.385. The number of rotatable bonds is 3. The quantitative estimate of drug-likeness (QED) is 0.675. The molecule has 1 N–H and O–H groups in total. The molecule has 0 radical (unpaired) electrons. The Morgan fingerprint density at radius 2 is 1.81 bits per heavy atom. The Labute approximate surface area is 151 Å². The Morgan fingerprint density at radius 3 is 2.38 bits per heavy atom. The summed E-state index contributed by atoms with van der Waals surface area (Å²) >= 11 is 0. The van der Waals surface area contributed by atoms with Crippen molar-refractivity contribution in [2.75, 3.05) is 36.4 Å². The molecule has 8 heteroatoms. The zero-order valence-electron chi connectivity index (χ0n) is 14.8. The van der Waals surface area contributed by atoms with Crippen LogP contribution in [0.4, 0.5) is 22.0 Å². The van der Waals surface area contributed by atoms with E-state index in [1.165, 1.54) is 12.3 Å². The van der Waals surface area contributed by atoms with Gasteiger partial charge in [0.05, 0.1) is 4.92 Å². The van der Waals surface area contributed by atoms with Crippen molar-refractivity contribution in [1.29, 1.82) is 0 Å². The number of nitro groups is 1. The van der Waals surface area contributed by atoms with Gasteiger partial charge in [-0.15, -0.1) is 0 Å². The molecule has 0 bridgehead atoms. The highest BCUT2D eigenvalue weighted by atomic mass is 16.6. The zero-order valence-corrected chi connectivity index (χ0v) is 14.8. The molecule has 8 nitrogen and oxygen atoms in total. The fraction of sp³-hybridized carbons (Fsp3) is 0.333. The molecule has 1 aromatic heterocycles. The van der Waals surface area contributed by atoms with Crippen LogP contribution in [0.1, 0.15) is 11.1 Å². The lowest BCUT2D eigenvalue weighted by atomic mass is 10.2. The molecular weight excluding hydrogens is 334 g/mol. The Kier molecular flexibility index (Phi) is 5.01. The van der Waals surface area contributed by atoms with Crippen molar-refractivity contribution < 1.29 is 9.72 Å². The van der Waals surface area contributed by atoms with E-state index in [-0.39, 0.29) is 11.7 Å². The number of hydrogen-bond acceptors (Lipinski definition) is 5. The number of carbonyl (C=O) groups is 1. The number of aromatic nitrogens is 1. The molecule has 0 aliphatic carbocycles. The fourth-order valence-electron chi connectivity index (χ4n) is 2.94. The third-order valence-corrected chi connectivity index (χ3v) is 4.42. The van der Waals surface area contributed by atoms with Crippen LogP contribution in [-0.2, 0) is 0 Å². The van der Waals surface area contributed by atoms with Crippen LogP contribution in [0.5, 0.6) is 0 Å². The highest BCUT2D eigenvalue weighted by Gasteiger charge is 2.23. The number of benzene rings is 1. The van der Waals surface area contributed by atoms with E-state index in [1.807, 2.05) is 38.1 Å². The molecule has 2 aromatic rings. The number of piperazine rings is 1. The normalized spacial score (nSPS) is 14.2. The van der Waals surface area contributed by atoms with Gasteiger partial charge < -0.3 is 15.1 Å². The summed E-state index contributed by atoms with van der Waals surface area (Å²) in [4.78, 5) is 30.8. The Hall–Kier alpha value is -3.16. The number of hydrogen-bond donors (Lipinski definition) is 1. The molecule has 0 saturated carbocycles. The lowest BCUT2D eigenvalue weighted by Gasteiger charge is -2.35. The van der Waals surface area contributed by atoms with Crippen molar-refractivity contribution in [3.8, 4) is 0 Å². The van der Waals surface area contributed by atoms with Crippen molar-refractivity contribution in [2.45, 2.75) is 13.8 Å². The van der Waals surface area contributed by atoms with Gasteiger partial charge in [-0.05, 0) is 31.5 Å². The molecule has 1 aliphatic heterocycles. The molecule has 0 unspecified atom stereocenters. The number of pyridine rings is 1. The minimum Gasteiger partial charge on any atom is -0.353 e. The summed E-state index contributed by atoms with van der Waals surface area (Å²) in [5.41, 5.74) is 2.66. The van der Waals surface area contributed by atoms with Crippen molar-refractivity contribution in [3.05, 3.63) is 57.8 Å². The van der Waals surface area contributed by atoms with E-state index in [0.717, 1.165) is 22.6 Å². The van der Waals surface area contributed by atoms with Crippen molar-refractivity contribution in [3.63, 3.8) is 0 Å². The first-order valence-electron chi connectivity index (χ1n) is 8.42. The number of urea groups is 1. The molecular formula is C18H21N5O3. The highest BCUT2D eigenvalue weighted by molar-refractivity contribution is 5.89. The van der Waals surface area contributed by atoms with E-state index < -0.39 is 4.92 Å². The maximum absolute atomic E-state index is 12.4. The number of anilines is 2. The fourth-order valence-corrected chi connectivity index (χ4v) is 2.94. The predicted octanol–water partition coefficient (Wildman–Crippen LogP) is 2.96. The largest absolute Gasteiger partial charge is 0.353 e. The van der Waals surface area contributed by atoms with E-state index in [1.54, 1.807) is 4.90 Å². The van der Waals surface area contributed by atoms with Gasteiger partial charge in [0.1, 0.15) is 12.0 Å². The van der Waals surface area contributed by atoms with Crippen LogP contribution in [0.2, 0.25) is 0 Å². The molecule has 0 atom stereocenters. The molecule has 0 spiro atoms. The molecule has 1 saturated heterocycles. The van der Waals surface area contributed by atoms with Crippen LogP contribution in [0.15, 0.2) is 36.5 Å². The van der Waals surface area contributed by atoms with Gasteiger partial charge in [0.2, 0.25) is 0 Å². The van der Waals surface area contributed by atoms with Crippen LogP contribution < -0.4 is 10.2 Å². The summed E-state index contributed by atoms with van der Waals surface area (Å²) in [6.07, 6.45) is 1.28. The molecule has 136 valence electrons. The first-order chi connectivity index (χ1) is 12.4. The van der Waals surface area contributed by atoms with Gasteiger partial charge in [0, 0.05) is 37.9 Å². The second kappa shape index (κ2) is 7.38. The molecule has 2 heterocycles. The van der Waals surface area contributed by atoms with E-state index in [9.17, 15) is 14.9 Å². The average molecular weight is 355 g/mol. The third kappa shape index (κ3) is 3.90.